The van der Waals surface area contributed by atoms with E-state index in [4.69, 9.17) is 14.6 Å². The number of aliphatic hydroxyl groups is 1. The molecule has 0 aliphatic heterocycles. The quantitative estimate of drug-likeness (QED) is 0.681. The Balaban J connectivity index is 2.12. The van der Waals surface area contributed by atoms with Crippen molar-refractivity contribution in [1.29, 1.82) is 0 Å². The van der Waals surface area contributed by atoms with Gasteiger partial charge in [-0.25, -0.2) is 0 Å². The van der Waals surface area contributed by atoms with Crippen molar-refractivity contribution in [2.75, 3.05) is 20.3 Å². The van der Waals surface area contributed by atoms with Crippen LogP contribution in [0.25, 0.3) is 0 Å². The van der Waals surface area contributed by atoms with Gasteiger partial charge in [-0.1, -0.05) is 13.0 Å². The van der Waals surface area contributed by atoms with Crippen LogP contribution in [0.3, 0.4) is 0 Å². The van der Waals surface area contributed by atoms with Crippen LogP contribution in [0.1, 0.15) is 37.3 Å². The molecule has 4 heteroatoms. The number of methoxy groups -OCH3 is 1. The van der Waals surface area contributed by atoms with Crippen LogP contribution in [0.2, 0.25) is 0 Å². The first kappa shape index (κ1) is 15.1. The Morgan fingerprint density at radius 1 is 1.35 bits per heavy atom. The third kappa shape index (κ3) is 4.12. The number of hydrogen-bond donors (Lipinski definition) is 2. The zero-order valence-electron chi connectivity index (χ0n) is 12.4. The van der Waals surface area contributed by atoms with E-state index in [2.05, 4.69) is 18.3 Å². The van der Waals surface area contributed by atoms with E-state index >= 15 is 0 Å². The Morgan fingerprint density at radius 2 is 2.15 bits per heavy atom. The van der Waals surface area contributed by atoms with Gasteiger partial charge in [0, 0.05) is 25.6 Å². The number of rotatable bonds is 9. The Hall–Kier alpha value is -1.26. The molecule has 0 amide bonds. The Kier molecular flexibility index (Phi) is 5.68. The fourth-order valence-corrected chi connectivity index (χ4v) is 2.22. The number of aliphatic hydroxyl groups excluding tert-OH is 1. The van der Waals surface area contributed by atoms with E-state index in [9.17, 15) is 0 Å². The van der Waals surface area contributed by atoms with Gasteiger partial charge in [-0.15, -0.1) is 0 Å². The lowest BCUT2D eigenvalue weighted by Crippen LogP contribution is -2.15. The van der Waals surface area contributed by atoms with Crippen molar-refractivity contribution in [3.05, 3.63) is 23.3 Å². The SMILES string of the molecule is CCc1cc(CNC2CC2)cc(OCCCO)c1OC. The number of ether oxygens (including phenoxy) is 2. The maximum Gasteiger partial charge on any atom is 0.163 e. The topological polar surface area (TPSA) is 50.7 Å². The molecule has 1 fully saturated rings. The normalized spacial score (nSPS) is 14.3. The first-order chi connectivity index (χ1) is 9.78. The molecule has 0 saturated heterocycles. The second kappa shape index (κ2) is 7.50. The first-order valence-electron chi connectivity index (χ1n) is 7.45. The zero-order valence-corrected chi connectivity index (χ0v) is 12.4. The van der Waals surface area contributed by atoms with E-state index < -0.39 is 0 Å². The van der Waals surface area contributed by atoms with Crippen LogP contribution in [0, 0.1) is 0 Å². The summed E-state index contributed by atoms with van der Waals surface area (Å²) in [5.41, 5.74) is 2.40. The van der Waals surface area contributed by atoms with Crippen molar-refractivity contribution in [2.24, 2.45) is 0 Å². The van der Waals surface area contributed by atoms with Crippen molar-refractivity contribution in [3.8, 4) is 11.5 Å². The Labute approximate surface area is 121 Å². The monoisotopic (exact) mass is 279 g/mol. The molecule has 112 valence electrons. The van der Waals surface area contributed by atoms with E-state index in [-0.39, 0.29) is 6.61 Å². The zero-order chi connectivity index (χ0) is 14.4. The van der Waals surface area contributed by atoms with Gasteiger partial charge in [0.1, 0.15) is 0 Å². The summed E-state index contributed by atoms with van der Waals surface area (Å²) in [5.74, 6) is 1.61. The van der Waals surface area contributed by atoms with Gasteiger partial charge in [0.25, 0.3) is 0 Å². The van der Waals surface area contributed by atoms with Crippen molar-refractivity contribution in [1.82, 2.24) is 5.32 Å². The molecule has 0 unspecified atom stereocenters. The summed E-state index contributed by atoms with van der Waals surface area (Å²) >= 11 is 0. The molecule has 0 heterocycles. The first-order valence-corrected chi connectivity index (χ1v) is 7.45. The van der Waals surface area contributed by atoms with Gasteiger partial charge in [-0.2, -0.15) is 0 Å². The smallest absolute Gasteiger partial charge is 0.163 e. The molecule has 0 aromatic heterocycles. The molecule has 4 nitrogen and oxygen atoms in total. The molecule has 0 spiro atoms. The van der Waals surface area contributed by atoms with Crippen LogP contribution in [-0.2, 0) is 13.0 Å². The molecule has 1 aromatic rings. The minimum atomic E-state index is 0.145. The summed E-state index contributed by atoms with van der Waals surface area (Å²) in [4.78, 5) is 0. The minimum absolute atomic E-state index is 0.145. The average Bonchev–Trinajstić information content (AvgIpc) is 3.29. The second-order valence-electron chi connectivity index (χ2n) is 5.22. The second-order valence-corrected chi connectivity index (χ2v) is 5.22. The van der Waals surface area contributed by atoms with Crippen molar-refractivity contribution >= 4 is 0 Å². The molecule has 1 aromatic carbocycles. The summed E-state index contributed by atoms with van der Waals surface area (Å²) in [7, 11) is 1.68. The maximum absolute atomic E-state index is 8.86. The predicted octanol–water partition coefficient (Wildman–Crippen LogP) is 2.27. The van der Waals surface area contributed by atoms with E-state index in [0.717, 1.165) is 24.5 Å². The van der Waals surface area contributed by atoms with Crippen LogP contribution in [0.15, 0.2) is 12.1 Å². The molecule has 1 saturated carbocycles. The van der Waals surface area contributed by atoms with Crippen LogP contribution >= 0.6 is 0 Å². The van der Waals surface area contributed by atoms with Crippen molar-refractivity contribution in [3.63, 3.8) is 0 Å². The van der Waals surface area contributed by atoms with Crippen molar-refractivity contribution in [2.45, 2.75) is 45.2 Å². The lowest BCUT2D eigenvalue weighted by Gasteiger charge is -2.16. The summed E-state index contributed by atoms with van der Waals surface area (Å²) in [6, 6.07) is 4.93. The molecule has 20 heavy (non-hydrogen) atoms. The van der Waals surface area contributed by atoms with Gasteiger partial charge in [0.05, 0.1) is 13.7 Å². The summed E-state index contributed by atoms with van der Waals surface area (Å²) in [5, 5.41) is 12.4. The van der Waals surface area contributed by atoms with Crippen LogP contribution < -0.4 is 14.8 Å². The lowest BCUT2D eigenvalue weighted by atomic mass is 10.1. The fourth-order valence-electron chi connectivity index (χ4n) is 2.22. The molecular formula is C16H25NO3. The highest BCUT2D eigenvalue weighted by Gasteiger charge is 2.20. The summed E-state index contributed by atoms with van der Waals surface area (Å²) < 4.78 is 11.2. The molecular weight excluding hydrogens is 254 g/mol. The predicted molar refractivity (Wildman–Crippen MR) is 79.4 cm³/mol. The van der Waals surface area contributed by atoms with E-state index in [1.807, 2.05) is 6.07 Å². The highest BCUT2D eigenvalue weighted by atomic mass is 16.5. The van der Waals surface area contributed by atoms with Gasteiger partial charge >= 0.3 is 0 Å². The summed E-state index contributed by atoms with van der Waals surface area (Å²) in [6.45, 7) is 3.65. The largest absolute Gasteiger partial charge is 0.493 e. The van der Waals surface area contributed by atoms with Gasteiger partial charge in [-0.3, -0.25) is 0 Å². The standard InChI is InChI=1S/C16H25NO3/c1-3-13-9-12(11-17-14-5-6-14)10-15(16(13)19-2)20-8-4-7-18/h9-10,14,17-18H,3-8,11H2,1-2H3. The molecule has 2 N–H and O–H groups in total. The number of benzene rings is 1. The third-order valence-electron chi connectivity index (χ3n) is 3.51. The van der Waals surface area contributed by atoms with Gasteiger partial charge in [0.15, 0.2) is 11.5 Å². The molecule has 1 aliphatic carbocycles. The highest BCUT2D eigenvalue weighted by molar-refractivity contribution is 5.49. The molecule has 0 bridgehead atoms. The fraction of sp³-hybridized carbons (Fsp3) is 0.625. The van der Waals surface area contributed by atoms with E-state index in [1.165, 1.54) is 24.0 Å². The van der Waals surface area contributed by atoms with Gasteiger partial charge in [0.2, 0.25) is 0 Å². The van der Waals surface area contributed by atoms with Crippen molar-refractivity contribution < 1.29 is 14.6 Å². The lowest BCUT2D eigenvalue weighted by molar-refractivity contribution is 0.227. The Morgan fingerprint density at radius 3 is 2.75 bits per heavy atom. The minimum Gasteiger partial charge on any atom is -0.493 e. The molecule has 0 radical (unpaired) electrons. The number of nitrogens with one attached hydrogen (secondary N) is 1. The van der Waals surface area contributed by atoms with Gasteiger partial charge in [-0.05, 0) is 36.5 Å². The Bertz CT molecular complexity index is 430. The van der Waals surface area contributed by atoms with Crippen LogP contribution in [-0.4, -0.2) is 31.5 Å². The van der Waals surface area contributed by atoms with Gasteiger partial charge < -0.3 is 19.9 Å². The van der Waals surface area contributed by atoms with E-state index in [0.29, 0.717) is 19.1 Å². The third-order valence-corrected chi connectivity index (χ3v) is 3.51. The van der Waals surface area contributed by atoms with Crippen LogP contribution in [0.4, 0.5) is 0 Å². The average molecular weight is 279 g/mol. The molecule has 1 aliphatic rings. The van der Waals surface area contributed by atoms with Crippen LogP contribution in [0.5, 0.6) is 11.5 Å². The highest BCUT2D eigenvalue weighted by Crippen LogP contribution is 2.33. The summed E-state index contributed by atoms with van der Waals surface area (Å²) in [6.07, 6.45) is 4.12. The number of hydrogen-bond acceptors (Lipinski definition) is 4. The maximum atomic E-state index is 8.86. The van der Waals surface area contributed by atoms with E-state index in [1.54, 1.807) is 7.11 Å². The number of aryl methyl sites for hydroxylation is 1. The molecule has 0 atom stereocenters. The molecule has 2 rings (SSSR count).